The minimum absolute atomic E-state index is 0.163. The van der Waals surface area contributed by atoms with E-state index in [1.165, 1.54) is 19.3 Å². The van der Waals surface area contributed by atoms with Gasteiger partial charge in [-0.3, -0.25) is 4.79 Å². The minimum atomic E-state index is 0.163. The molecule has 4 rings (SSSR count). The van der Waals surface area contributed by atoms with Crippen molar-refractivity contribution in [3.05, 3.63) is 36.0 Å². The van der Waals surface area contributed by atoms with Crippen molar-refractivity contribution >= 4 is 16.8 Å². The average molecular weight is 312 g/mol. The highest BCUT2D eigenvalue weighted by Gasteiger charge is 2.46. The lowest BCUT2D eigenvalue weighted by Crippen LogP contribution is -2.49. The molecular formula is C19H24N2O2. The summed E-state index contributed by atoms with van der Waals surface area (Å²) < 4.78 is 5.75. The van der Waals surface area contributed by atoms with Gasteiger partial charge < -0.3 is 14.6 Å². The highest BCUT2D eigenvalue weighted by atomic mass is 16.5. The summed E-state index contributed by atoms with van der Waals surface area (Å²) in [7, 11) is 1.82. The molecule has 2 atom stereocenters. The third-order valence-electron chi connectivity index (χ3n) is 5.83. The monoisotopic (exact) mass is 312 g/mol. The van der Waals surface area contributed by atoms with E-state index in [4.69, 9.17) is 4.74 Å². The molecule has 2 aliphatic rings. The lowest BCUT2D eigenvalue weighted by molar-refractivity contribution is -0.0295. The summed E-state index contributed by atoms with van der Waals surface area (Å²) >= 11 is 0. The van der Waals surface area contributed by atoms with Gasteiger partial charge in [-0.05, 0) is 43.9 Å². The van der Waals surface area contributed by atoms with Gasteiger partial charge >= 0.3 is 0 Å². The van der Waals surface area contributed by atoms with Gasteiger partial charge in [-0.1, -0.05) is 12.5 Å². The van der Waals surface area contributed by atoms with Gasteiger partial charge in [-0.25, -0.2) is 0 Å². The van der Waals surface area contributed by atoms with Crippen LogP contribution in [0, 0.1) is 5.41 Å². The second-order valence-electron chi connectivity index (χ2n) is 7.05. The van der Waals surface area contributed by atoms with E-state index in [9.17, 15) is 4.79 Å². The van der Waals surface area contributed by atoms with E-state index < -0.39 is 0 Å². The normalized spacial score (nSPS) is 27.9. The van der Waals surface area contributed by atoms with Crippen LogP contribution in [-0.4, -0.2) is 42.1 Å². The average Bonchev–Trinajstić information content (AvgIpc) is 3.20. The fourth-order valence-corrected chi connectivity index (χ4v) is 4.72. The molecule has 1 aliphatic heterocycles. The zero-order valence-corrected chi connectivity index (χ0v) is 13.7. The van der Waals surface area contributed by atoms with Gasteiger partial charge in [0, 0.05) is 48.3 Å². The lowest BCUT2D eigenvalue weighted by atomic mass is 9.76. The van der Waals surface area contributed by atoms with E-state index in [-0.39, 0.29) is 11.3 Å². The molecule has 0 unspecified atom stereocenters. The van der Waals surface area contributed by atoms with Gasteiger partial charge in [0.05, 0.1) is 6.10 Å². The Morgan fingerprint density at radius 3 is 3.04 bits per heavy atom. The molecule has 1 spiro atoms. The number of hydrogen-bond acceptors (Lipinski definition) is 2. The summed E-state index contributed by atoms with van der Waals surface area (Å²) in [5, 5.41) is 1.02. The van der Waals surface area contributed by atoms with Crippen LogP contribution in [0.15, 0.2) is 30.5 Å². The number of amides is 1. The van der Waals surface area contributed by atoms with Crippen LogP contribution in [-0.2, 0) is 4.74 Å². The fourth-order valence-electron chi connectivity index (χ4n) is 4.72. The van der Waals surface area contributed by atoms with Crippen molar-refractivity contribution in [2.24, 2.45) is 5.41 Å². The zero-order chi connectivity index (χ0) is 15.9. The Balaban J connectivity index is 1.62. The third kappa shape index (κ3) is 2.36. The Kier molecular flexibility index (Phi) is 3.64. The Hall–Kier alpha value is -1.81. The SMILES string of the molecule is CO[C@@H]1CCC[C@@]12CCCN(C(=O)c1cccc3[nH]ccc13)C2. The molecule has 122 valence electrons. The highest BCUT2D eigenvalue weighted by Crippen LogP contribution is 2.46. The summed E-state index contributed by atoms with van der Waals surface area (Å²) in [5.41, 5.74) is 2.01. The predicted molar refractivity (Wildman–Crippen MR) is 90.5 cm³/mol. The van der Waals surface area contributed by atoms with Crippen LogP contribution in [0.3, 0.4) is 0 Å². The number of ether oxygens (including phenoxy) is 1. The smallest absolute Gasteiger partial charge is 0.254 e. The Morgan fingerprint density at radius 2 is 2.17 bits per heavy atom. The molecule has 0 radical (unpaired) electrons. The van der Waals surface area contributed by atoms with Crippen molar-refractivity contribution < 1.29 is 9.53 Å². The molecule has 1 aromatic heterocycles. The van der Waals surface area contributed by atoms with Crippen LogP contribution in [0.4, 0.5) is 0 Å². The van der Waals surface area contributed by atoms with E-state index in [0.29, 0.717) is 6.10 Å². The number of rotatable bonds is 2. The van der Waals surface area contributed by atoms with E-state index >= 15 is 0 Å². The number of carbonyl (C=O) groups is 1. The molecule has 2 aromatic rings. The van der Waals surface area contributed by atoms with Crippen molar-refractivity contribution in [2.45, 2.75) is 38.2 Å². The number of fused-ring (bicyclic) bond motifs is 1. The maximum atomic E-state index is 13.1. The first kappa shape index (κ1) is 14.8. The van der Waals surface area contributed by atoms with E-state index in [0.717, 1.165) is 42.4 Å². The summed E-state index contributed by atoms with van der Waals surface area (Å²) in [5.74, 6) is 0.163. The van der Waals surface area contributed by atoms with E-state index in [1.807, 2.05) is 37.6 Å². The molecule has 1 aliphatic carbocycles. The number of likely N-dealkylation sites (tertiary alicyclic amines) is 1. The maximum Gasteiger partial charge on any atom is 0.254 e. The number of carbonyl (C=O) groups excluding carboxylic acids is 1. The van der Waals surface area contributed by atoms with Crippen molar-refractivity contribution in [3.63, 3.8) is 0 Å². The maximum absolute atomic E-state index is 13.1. The topological polar surface area (TPSA) is 45.3 Å². The first-order valence-corrected chi connectivity index (χ1v) is 8.62. The molecule has 1 saturated heterocycles. The molecule has 2 heterocycles. The number of benzene rings is 1. The molecular weight excluding hydrogens is 288 g/mol. The van der Waals surface area contributed by atoms with Gasteiger partial charge in [-0.2, -0.15) is 0 Å². The lowest BCUT2D eigenvalue weighted by Gasteiger charge is -2.43. The fraction of sp³-hybridized carbons (Fsp3) is 0.526. The molecule has 4 nitrogen and oxygen atoms in total. The number of methoxy groups -OCH3 is 1. The van der Waals surface area contributed by atoms with Crippen molar-refractivity contribution in [3.8, 4) is 0 Å². The molecule has 1 N–H and O–H groups in total. The molecule has 2 fully saturated rings. The van der Waals surface area contributed by atoms with Gasteiger partial charge in [0.2, 0.25) is 0 Å². The Bertz CT molecular complexity index is 723. The second kappa shape index (κ2) is 5.68. The summed E-state index contributed by atoms with van der Waals surface area (Å²) in [6, 6.07) is 7.92. The Morgan fingerprint density at radius 1 is 1.30 bits per heavy atom. The first-order valence-electron chi connectivity index (χ1n) is 8.62. The number of H-pyrrole nitrogens is 1. The summed E-state index contributed by atoms with van der Waals surface area (Å²) in [6.45, 7) is 1.70. The zero-order valence-electron chi connectivity index (χ0n) is 13.7. The summed E-state index contributed by atoms with van der Waals surface area (Å²) in [4.78, 5) is 18.4. The molecule has 1 saturated carbocycles. The molecule has 1 amide bonds. The van der Waals surface area contributed by atoms with Gasteiger partial charge in [0.15, 0.2) is 0 Å². The van der Waals surface area contributed by atoms with Crippen LogP contribution in [0.25, 0.3) is 10.9 Å². The van der Waals surface area contributed by atoms with Crippen LogP contribution in [0.2, 0.25) is 0 Å². The predicted octanol–water partition coefficient (Wildman–Crippen LogP) is 3.59. The number of nitrogens with zero attached hydrogens (tertiary/aromatic N) is 1. The third-order valence-corrected chi connectivity index (χ3v) is 5.83. The van der Waals surface area contributed by atoms with Crippen molar-refractivity contribution in [2.75, 3.05) is 20.2 Å². The number of aromatic nitrogens is 1. The van der Waals surface area contributed by atoms with Crippen LogP contribution >= 0.6 is 0 Å². The standard InChI is InChI=1S/C19H24N2O2/c1-23-17-7-3-9-19(17)10-4-12-21(13-19)18(22)15-5-2-6-16-14(15)8-11-20-16/h2,5-6,8,11,17,20H,3-4,7,9-10,12-13H2,1H3/t17-,19+/m1/s1. The van der Waals surface area contributed by atoms with Gasteiger partial charge in [-0.15, -0.1) is 0 Å². The number of hydrogen-bond donors (Lipinski definition) is 1. The van der Waals surface area contributed by atoms with E-state index in [2.05, 4.69) is 9.88 Å². The first-order chi connectivity index (χ1) is 11.2. The van der Waals surface area contributed by atoms with Gasteiger partial charge in [0.1, 0.15) is 0 Å². The largest absolute Gasteiger partial charge is 0.381 e. The van der Waals surface area contributed by atoms with E-state index in [1.54, 1.807) is 0 Å². The van der Waals surface area contributed by atoms with Gasteiger partial charge in [0.25, 0.3) is 5.91 Å². The Labute approximate surface area is 136 Å². The molecule has 4 heteroatoms. The van der Waals surface area contributed by atoms with Crippen molar-refractivity contribution in [1.29, 1.82) is 0 Å². The number of nitrogens with one attached hydrogen (secondary N) is 1. The second-order valence-corrected chi connectivity index (χ2v) is 7.05. The number of aromatic amines is 1. The van der Waals surface area contributed by atoms with Crippen LogP contribution < -0.4 is 0 Å². The van der Waals surface area contributed by atoms with Crippen LogP contribution in [0.1, 0.15) is 42.5 Å². The minimum Gasteiger partial charge on any atom is -0.381 e. The molecule has 23 heavy (non-hydrogen) atoms. The molecule has 0 bridgehead atoms. The summed E-state index contributed by atoms with van der Waals surface area (Å²) in [6.07, 6.45) is 8.00. The number of piperidine rings is 1. The quantitative estimate of drug-likeness (QED) is 0.921. The van der Waals surface area contributed by atoms with Crippen molar-refractivity contribution in [1.82, 2.24) is 9.88 Å². The molecule has 1 aromatic carbocycles. The van der Waals surface area contributed by atoms with Crippen LogP contribution in [0.5, 0.6) is 0 Å². The highest BCUT2D eigenvalue weighted by molar-refractivity contribution is 6.06.